The fourth-order valence-electron chi connectivity index (χ4n) is 2.15. The summed E-state index contributed by atoms with van der Waals surface area (Å²) in [5.41, 5.74) is 0.815. The van der Waals surface area contributed by atoms with Crippen molar-refractivity contribution in [1.29, 1.82) is 0 Å². The zero-order chi connectivity index (χ0) is 15.6. The smallest absolute Gasteiger partial charge is 0.244 e. The molecule has 2 rings (SSSR count). The topological polar surface area (TPSA) is 42.3 Å². The van der Waals surface area contributed by atoms with Crippen LogP contribution in [0.4, 0.5) is 0 Å². The third-order valence-corrected chi connectivity index (χ3v) is 6.83. The lowest BCUT2D eigenvalue weighted by atomic mass is 10.3. The Hall–Kier alpha value is -0.820. The molecule has 0 aliphatic rings. The molecule has 4 nitrogen and oxygen atoms in total. The molecule has 0 radical (unpaired) electrons. The van der Waals surface area contributed by atoms with Gasteiger partial charge in [0, 0.05) is 30.4 Å². The lowest BCUT2D eigenvalue weighted by Gasteiger charge is -2.22. The average Bonchev–Trinajstić information content (AvgIpc) is 3.14. The second-order valence-electron chi connectivity index (χ2n) is 4.80. The predicted octanol–water partition coefficient (Wildman–Crippen LogP) is 3.69. The Kier molecular flexibility index (Phi) is 5.14. The lowest BCUT2D eigenvalue weighted by molar-refractivity contribution is 0.403. The molecule has 0 aliphatic carbocycles. The molecule has 0 N–H and O–H groups in total. The van der Waals surface area contributed by atoms with Crippen LogP contribution in [0, 0.1) is 0 Å². The summed E-state index contributed by atoms with van der Waals surface area (Å²) in [6, 6.07) is 5.34. The van der Waals surface area contributed by atoms with Crippen LogP contribution in [0.15, 0.2) is 34.7 Å². The first-order valence-electron chi connectivity index (χ1n) is 6.68. The van der Waals surface area contributed by atoms with Crippen molar-refractivity contribution in [2.75, 3.05) is 7.05 Å². The van der Waals surface area contributed by atoms with Crippen molar-refractivity contribution in [3.63, 3.8) is 0 Å². The van der Waals surface area contributed by atoms with Gasteiger partial charge in [0.25, 0.3) is 0 Å². The first-order valence-corrected chi connectivity index (χ1v) is 9.53. The van der Waals surface area contributed by atoms with Crippen LogP contribution >= 0.6 is 22.9 Å². The van der Waals surface area contributed by atoms with Crippen LogP contribution in [0.5, 0.6) is 0 Å². The predicted molar refractivity (Wildman–Crippen MR) is 87.3 cm³/mol. The van der Waals surface area contributed by atoms with Crippen molar-refractivity contribution >= 4 is 33.0 Å². The minimum absolute atomic E-state index is 0.195. The molecular formula is C14H19ClN2O2S2. The summed E-state index contributed by atoms with van der Waals surface area (Å²) in [4.78, 5) is 1.32. The number of aromatic nitrogens is 1. The van der Waals surface area contributed by atoms with Crippen LogP contribution in [0.2, 0.25) is 0 Å². The fourth-order valence-corrected chi connectivity index (χ4v) is 4.69. The number of halogens is 1. The number of rotatable bonds is 6. The van der Waals surface area contributed by atoms with E-state index >= 15 is 0 Å². The molecule has 7 heteroatoms. The van der Waals surface area contributed by atoms with E-state index in [1.165, 1.54) is 4.31 Å². The molecule has 21 heavy (non-hydrogen) atoms. The van der Waals surface area contributed by atoms with E-state index in [2.05, 4.69) is 0 Å². The van der Waals surface area contributed by atoms with Crippen LogP contribution in [-0.4, -0.2) is 24.3 Å². The summed E-state index contributed by atoms with van der Waals surface area (Å²) in [6.07, 6.45) is 1.66. The van der Waals surface area contributed by atoms with Gasteiger partial charge in [0.1, 0.15) is 4.90 Å². The third-order valence-electron chi connectivity index (χ3n) is 3.62. The summed E-state index contributed by atoms with van der Waals surface area (Å²) in [6.45, 7) is 4.55. The van der Waals surface area contributed by atoms with Crippen molar-refractivity contribution < 1.29 is 8.42 Å². The van der Waals surface area contributed by atoms with E-state index in [9.17, 15) is 8.42 Å². The van der Waals surface area contributed by atoms with Crippen molar-refractivity contribution in [3.05, 3.63) is 40.3 Å². The molecule has 0 aliphatic heterocycles. The molecule has 0 amide bonds. The highest BCUT2D eigenvalue weighted by molar-refractivity contribution is 7.89. The molecule has 0 saturated carbocycles. The highest BCUT2D eigenvalue weighted by Crippen LogP contribution is 2.29. The number of nitrogens with zero attached hydrogens (tertiary/aromatic N) is 2. The van der Waals surface area contributed by atoms with Gasteiger partial charge in [-0.2, -0.15) is 4.31 Å². The zero-order valence-corrected chi connectivity index (χ0v) is 14.7. The Labute approximate surface area is 135 Å². The van der Waals surface area contributed by atoms with Crippen LogP contribution in [0.3, 0.4) is 0 Å². The molecule has 0 spiro atoms. The maximum absolute atomic E-state index is 12.7. The maximum atomic E-state index is 12.7. The number of hydrogen-bond donors (Lipinski definition) is 0. The summed E-state index contributed by atoms with van der Waals surface area (Å²) >= 11 is 7.43. The molecule has 2 heterocycles. The molecule has 0 aromatic carbocycles. The van der Waals surface area contributed by atoms with Gasteiger partial charge in [0.15, 0.2) is 0 Å². The molecule has 116 valence electrons. The van der Waals surface area contributed by atoms with E-state index < -0.39 is 10.0 Å². The van der Waals surface area contributed by atoms with Gasteiger partial charge in [0.2, 0.25) is 10.0 Å². The minimum Gasteiger partial charge on any atom is -0.349 e. The Morgan fingerprint density at radius 2 is 2.19 bits per heavy atom. The van der Waals surface area contributed by atoms with E-state index in [4.69, 9.17) is 11.6 Å². The van der Waals surface area contributed by atoms with Gasteiger partial charge >= 0.3 is 0 Å². The van der Waals surface area contributed by atoms with E-state index in [1.54, 1.807) is 30.6 Å². The maximum Gasteiger partial charge on any atom is 0.244 e. The van der Waals surface area contributed by atoms with E-state index in [0.717, 1.165) is 10.6 Å². The molecule has 1 atom stereocenters. The Balaban J connectivity index is 2.35. The quantitative estimate of drug-likeness (QED) is 0.748. The van der Waals surface area contributed by atoms with Crippen molar-refractivity contribution in [3.8, 4) is 0 Å². The molecular weight excluding hydrogens is 328 g/mol. The average molecular weight is 347 g/mol. The summed E-state index contributed by atoms with van der Waals surface area (Å²) in [7, 11) is -1.91. The second-order valence-corrected chi connectivity index (χ2v) is 8.04. The summed E-state index contributed by atoms with van der Waals surface area (Å²) < 4.78 is 28.8. The SMILES string of the molecule is CCn1cc(S(=O)(=O)N(C)C(C)c2cccs2)cc1CCl. The standard InChI is InChI=1S/C14H19ClN2O2S2/c1-4-17-10-13(8-12(17)9-15)21(18,19)16(3)11(2)14-6-5-7-20-14/h5-8,10-11H,4,9H2,1-3H3. The van der Waals surface area contributed by atoms with Crippen molar-refractivity contribution in [1.82, 2.24) is 8.87 Å². The zero-order valence-electron chi connectivity index (χ0n) is 12.3. The van der Waals surface area contributed by atoms with E-state index in [0.29, 0.717) is 17.3 Å². The Bertz CT molecular complexity index is 671. The van der Waals surface area contributed by atoms with Crippen LogP contribution in [-0.2, 0) is 22.4 Å². The first kappa shape index (κ1) is 16.5. The molecule has 0 bridgehead atoms. The first-order chi connectivity index (χ1) is 9.91. The molecule has 2 aromatic rings. The molecule has 1 unspecified atom stereocenters. The third kappa shape index (κ3) is 3.18. The van der Waals surface area contributed by atoms with Gasteiger partial charge in [-0.1, -0.05) is 6.07 Å². The van der Waals surface area contributed by atoms with Crippen LogP contribution < -0.4 is 0 Å². The summed E-state index contributed by atoms with van der Waals surface area (Å²) in [5, 5.41) is 1.95. The minimum atomic E-state index is -3.53. The van der Waals surface area contributed by atoms with Gasteiger partial charge in [-0.15, -0.1) is 22.9 Å². The highest BCUT2D eigenvalue weighted by atomic mass is 35.5. The van der Waals surface area contributed by atoms with Gasteiger partial charge in [-0.05, 0) is 31.4 Å². The largest absolute Gasteiger partial charge is 0.349 e. The normalized spacial score (nSPS) is 13.8. The van der Waals surface area contributed by atoms with Crippen molar-refractivity contribution in [2.45, 2.75) is 37.2 Å². The highest BCUT2D eigenvalue weighted by Gasteiger charge is 2.28. The van der Waals surface area contributed by atoms with E-state index in [1.807, 2.05) is 35.9 Å². The lowest BCUT2D eigenvalue weighted by Crippen LogP contribution is -2.29. The Morgan fingerprint density at radius 3 is 2.67 bits per heavy atom. The number of sulfonamides is 1. The second kappa shape index (κ2) is 6.52. The number of alkyl halides is 1. The van der Waals surface area contributed by atoms with Crippen LogP contribution in [0.25, 0.3) is 0 Å². The molecule has 0 fully saturated rings. The van der Waals surface area contributed by atoms with E-state index in [-0.39, 0.29) is 6.04 Å². The number of thiophene rings is 1. The Morgan fingerprint density at radius 1 is 1.48 bits per heavy atom. The molecule has 2 aromatic heterocycles. The number of hydrogen-bond acceptors (Lipinski definition) is 3. The van der Waals surface area contributed by atoms with Crippen molar-refractivity contribution in [2.24, 2.45) is 0 Å². The van der Waals surface area contributed by atoms with Gasteiger partial charge in [0.05, 0.1) is 11.9 Å². The number of aryl methyl sites for hydroxylation is 1. The van der Waals surface area contributed by atoms with Crippen LogP contribution in [0.1, 0.15) is 30.5 Å². The van der Waals surface area contributed by atoms with Gasteiger partial charge < -0.3 is 4.57 Å². The molecule has 0 saturated heterocycles. The monoisotopic (exact) mass is 346 g/mol. The summed E-state index contributed by atoms with van der Waals surface area (Å²) in [5.74, 6) is 0.299. The van der Waals surface area contributed by atoms with Gasteiger partial charge in [-0.3, -0.25) is 0 Å². The fraction of sp³-hybridized carbons (Fsp3) is 0.429. The van der Waals surface area contributed by atoms with Gasteiger partial charge in [-0.25, -0.2) is 8.42 Å².